The highest BCUT2D eigenvalue weighted by molar-refractivity contribution is 5.86. The molecule has 130 valence electrons. The maximum atomic E-state index is 13.5. The lowest BCUT2D eigenvalue weighted by atomic mass is 9.91. The Morgan fingerprint density at radius 3 is 1.73 bits per heavy atom. The third-order valence-corrected chi connectivity index (χ3v) is 2.55. The maximum absolute atomic E-state index is 13.5. The van der Waals surface area contributed by atoms with Gasteiger partial charge in [0.2, 0.25) is 0 Å². The third kappa shape index (κ3) is 4.07. The highest BCUT2D eigenvalue weighted by Gasteiger charge is 2.80. The van der Waals surface area contributed by atoms with Crippen LogP contribution in [0.5, 0.6) is 0 Å². The molecule has 1 unspecified atom stereocenters. The zero-order chi connectivity index (χ0) is 18.0. The van der Waals surface area contributed by atoms with E-state index in [2.05, 4.69) is 11.3 Å². The van der Waals surface area contributed by atoms with Gasteiger partial charge in [-0.2, -0.15) is 35.1 Å². The van der Waals surface area contributed by atoms with Crippen molar-refractivity contribution in [1.29, 1.82) is 0 Å². The average Bonchev–Trinajstić information content (AvgIpc) is 2.30. The predicted octanol–water partition coefficient (Wildman–Crippen LogP) is 4.35. The number of rotatable bonds is 6. The van der Waals surface area contributed by atoms with Crippen molar-refractivity contribution in [2.75, 3.05) is 6.61 Å². The first-order valence-corrected chi connectivity index (χ1v) is 5.60. The standard InChI is InChI=1S/C11H11F9O2/c1-6(2)7(21)22-5-3-4-8(12,10(15,16)17)9(13,14)11(18,19)20/h1,3-5H2,2H3. The lowest BCUT2D eigenvalue weighted by molar-refractivity contribution is -0.384. The molecular weight excluding hydrogens is 335 g/mol. The van der Waals surface area contributed by atoms with Crippen LogP contribution < -0.4 is 0 Å². The van der Waals surface area contributed by atoms with E-state index in [0.717, 1.165) is 6.92 Å². The van der Waals surface area contributed by atoms with Crippen molar-refractivity contribution in [2.24, 2.45) is 0 Å². The van der Waals surface area contributed by atoms with E-state index in [1.807, 2.05) is 0 Å². The van der Waals surface area contributed by atoms with Crippen molar-refractivity contribution in [2.45, 2.75) is 43.7 Å². The summed E-state index contributed by atoms with van der Waals surface area (Å²) in [6.07, 6.45) is -16.6. The molecule has 1 atom stereocenters. The first-order chi connectivity index (χ1) is 9.58. The van der Waals surface area contributed by atoms with Crippen LogP contribution in [0.3, 0.4) is 0 Å². The van der Waals surface area contributed by atoms with E-state index >= 15 is 0 Å². The molecule has 0 aromatic carbocycles. The van der Waals surface area contributed by atoms with E-state index in [1.54, 1.807) is 0 Å². The molecule has 0 rings (SSSR count). The molecule has 0 amide bonds. The lowest BCUT2D eigenvalue weighted by Gasteiger charge is -2.35. The fourth-order valence-electron chi connectivity index (χ4n) is 1.31. The van der Waals surface area contributed by atoms with Gasteiger partial charge in [0.05, 0.1) is 6.61 Å². The first kappa shape index (κ1) is 20.6. The second-order valence-electron chi connectivity index (χ2n) is 4.39. The van der Waals surface area contributed by atoms with Crippen LogP contribution in [0, 0.1) is 0 Å². The Bertz CT molecular complexity index is 424. The molecule has 0 heterocycles. The number of alkyl halides is 9. The Balaban J connectivity index is 5.11. The topological polar surface area (TPSA) is 26.3 Å². The zero-order valence-corrected chi connectivity index (χ0v) is 11.0. The summed E-state index contributed by atoms with van der Waals surface area (Å²) < 4.78 is 117. The average molecular weight is 346 g/mol. The van der Waals surface area contributed by atoms with Crippen LogP contribution in [-0.4, -0.2) is 36.5 Å². The molecule has 0 aromatic rings. The molecule has 0 spiro atoms. The van der Waals surface area contributed by atoms with Gasteiger partial charge in [-0.15, -0.1) is 0 Å². The van der Waals surface area contributed by atoms with E-state index < -0.39 is 49.4 Å². The van der Waals surface area contributed by atoms with Gasteiger partial charge in [0.1, 0.15) is 0 Å². The van der Waals surface area contributed by atoms with E-state index in [9.17, 15) is 44.3 Å². The van der Waals surface area contributed by atoms with E-state index in [1.165, 1.54) is 0 Å². The molecule has 0 aliphatic carbocycles. The van der Waals surface area contributed by atoms with Crippen molar-refractivity contribution in [3.05, 3.63) is 12.2 Å². The Morgan fingerprint density at radius 2 is 1.41 bits per heavy atom. The van der Waals surface area contributed by atoms with E-state index in [4.69, 9.17) is 0 Å². The van der Waals surface area contributed by atoms with Gasteiger partial charge in [-0.1, -0.05) is 6.58 Å². The highest BCUT2D eigenvalue weighted by atomic mass is 19.4. The molecule has 0 aliphatic rings. The zero-order valence-electron chi connectivity index (χ0n) is 11.0. The second-order valence-corrected chi connectivity index (χ2v) is 4.39. The van der Waals surface area contributed by atoms with Gasteiger partial charge in [-0.3, -0.25) is 0 Å². The van der Waals surface area contributed by atoms with Gasteiger partial charge in [-0.05, 0) is 13.3 Å². The fourth-order valence-corrected chi connectivity index (χ4v) is 1.31. The predicted molar refractivity (Wildman–Crippen MR) is 55.9 cm³/mol. The normalized spacial score (nSPS) is 16.1. The maximum Gasteiger partial charge on any atom is 0.457 e. The van der Waals surface area contributed by atoms with Gasteiger partial charge >= 0.3 is 24.2 Å². The summed E-state index contributed by atoms with van der Waals surface area (Å²) in [7, 11) is 0. The van der Waals surface area contributed by atoms with Crippen LogP contribution in [0.1, 0.15) is 19.8 Å². The monoisotopic (exact) mass is 346 g/mol. The minimum atomic E-state index is -6.73. The quantitative estimate of drug-likeness (QED) is 0.309. The molecule has 0 radical (unpaired) electrons. The summed E-state index contributed by atoms with van der Waals surface area (Å²) >= 11 is 0. The summed E-state index contributed by atoms with van der Waals surface area (Å²) in [6, 6.07) is 0. The number of carbonyl (C=O) groups excluding carboxylic acids is 1. The van der Waals surface area contributed by atoms with Crippen molar-refractivity contribution in [1.82, 2.24) is 0 Å². The molecule has 0 saturated heterocycles. The van der Waals surface area contributed by atoms with Crippen LogP contribution in [0.15, 0.2) is 12.2 Å². The SMILES string of the molecule is C=C(C)C(=O)OCCCC(F)(C(F)(F)F)C(F)(F)C(F)(F)F. The minimum absolute atomic E-state index is 0.178. The summed E-state index contributed by atoms with van der Waals surface area (Å²) in [4.78, 5) is 10.9. The summed E-state index contributed by atoms with van der Waals surface area (Å²) in [5, 5.41) is 0. The smallest absolute Gasteiger partial charge is 0.457 e. The van der Waals surface area contributed by atoms with Gasteiger partial charge in [0, 0.05) is 12.0 Å². The number of halogens is 9. The van der Waals surface area contributed by atoms with Gasteiger partial charge in [0.15, 0.2) is 0 Å². The van der Waals surface area contributed by atoms with Crippen molar-refractivity contribution < 1.29 is 49.0 Å². The summed E-state index contributed by atoms with van der Waals surface area (Å²) in [5.41, 5.74) is -6.00. The number of ether oxygens (including phenoxy) is 1. The molecule has 0 bridgehead atoms. The van der Waals surface area contributed by atoms with E-state index in [0.29, 0.717) is 0 Å². The van der Waals surface area contributed by atoms with Crippen molar-refractivity contribution >= 4 is 5.97 Å². The van der Waals surface area contributed by atoms with Gasteiger partial charge < -0.3 is 4.74 Å². The lowest BCUT2D eigenvalue weighted by Crippen LogP contribution is -2.62. The Labute approximate surface area is 118 Å². The Kier molecular flexibility index (Phi) is 5.96. The first-order valence-electron chi connectivity index (χ1n) is 5.60. The number of hydrogen-bond acceptors (Lipinski definition) is 2. The Hall–Kier alpha value is -1.42. The summed E-state index contributed by atoms with van der Waals surface area (Å²) in [5.74, 6) is -7.74. The highest BCUT2D eigenvalue weighted by Crippen LogP contribution is 2.54. The fraction of sp³-hybridized carbons (Fsp3) is 0.727. The molecule has 0 aliphatic heterocycles. The molecule has 0 fully saturated rings. The van der Waals surface area contributed by atoms with Crippen LogP contribution in [0.4, 0.5) is 39.5 Å². The minimum Gasteiger partial charge on any atom is -0.462 e. The third-order valence-electron chi connectivity index (χ3n) is 2.55. The number of esters is 1. The van der Waals surface area contributed by atoms with E-state index in [-0.39, 0.29) is 5.57 Å². The molecule has 11 heteroatoms. The Morgan fingerprint density at radius 1 is 0.955 bits per heavy atom. The van der Waals surface area contributed by atoms with Crippen molar-refractivity contribution in [3.63, 3.8) is 0 Å². The molecule has 22 heavy (non-hydrogen) atoms. The van der Waals surface area contributed by atoms with Gasteiger partial charge in [-0.25, -0.2) is 9.18 Å². The van der Waals surface area contributed by atoms with Crippen LogP contribution in [-0.2, 0) is 9.53 Å². The van der Waals surface area contributed by atoms with Crippen molar-refractivity contribution in [3.8, 4) is 0 Å². The van der Waals surface area contributed by atoms with Gasteiger partial charge in [0.25, 0.3) is 5.67 Å². The molecule has 0 N–H and O–H groups in total. The number of hydrogen-bond donors (Lipinski definition) is 0. The molecular formula is C11H11F9O2. The molecule has 2 nitrogen and oxygen atoms in total. The molecule has 0 aromatic heterocycles. The molecule has 0 saturated carbocycles. The second kappa shape index (κ2) is 6.37. The number of carbonyl (C=O) groups is 1. The van der Waals surface area contributed by atoms with Crippen LogP contribution >= 0.6 is 0 Å². The largest absolute Gasteiger partial charge is 0.462 e. The van der Waals surface area contributed by atoms with Crippen LogP contribution in [0.2, 0.25) is 0 Å². The summed E-state index contributed by atoms with van der Waals surface area (Å²) in [6.45, 7) is 3.29. The van der Waals surface area contributed by atoms with Crippen LogP contribution in [0.25, 0.3) is 0 Å².